The maximum absolute atomic E-state index is 12.9. The molecule has 2 aromatic carbocycles. The molecule has 5 nitrogen and oxygen atoms in total. The second-order valence-corrected chi connectivity index (χ2v) is 8.61. The molecule has 0 saturated heterocycles. The number of hydrogen-bond acceptors (Lipinski definition) is 3. The quantitative estimate of drug-likeness (QED) is 0.620. The van der Waals surface area contributed by atoms with E-state index in [1.807, 2.05) is 45.0 Å². The predicted octanol–water partition coefficient (Wildman–Crippen LogP) is 5.31. The molecule has 30 heavy (non-hydrogen) atoms. The molecule has 2 atom stereocenters. The van der Waals surface area contributed by atoms with Gasteiger partial charge in [0.25, 0.3) is 11.8 Å². The Hall–Kier alpha value is -2.82. The van der Waals surface area contributed by atoms with Gasteiger partial charge in [-0.1, -0.05) is 58.9 Å². The smallest absolute Gasteiger partial charge is 0.265 e. The number of benzene rings is 2. The van der Waals surface area contributed by atoms with Crippen LogP contribution >= 0.6 is 0 Å². The van der Waals surface area contributed by atoms with Gasteiger partial charge in [0.05, 0.1) is 11.3 Å². The van der Waals surface area contributed by atoms with Crippen LogP contribution < -0.4 is 15.4 Å². The molecule has 2 amide bonds. The summed E-state index contributed by atoms with van der Waals surface area (Å²) in [6, 6.07) is 14.9. The largest absolute Gasteiger partial charge is 0.481 e. The number of nitrogens with one attached hydrogen (secondary N) is 2. The summed E-state index contributed by atoms with van der Waals surface area (Å²) >= 11 is 0. The van der Waals surface area contributed by atoms with E-state index < -0.39 is 6.10 Å². The van der Waals surface area contributed by atoms with E-state index >= 15 is 0 Å². The van der Waals surface area contributed by atoms with Crippen molar-refractivity contribution in [3.63, 3.8) is 0 Å². The van der Waals surface area contributed by atoms with Crippen molar-refractivity contribution in [1.82, 2.24) is 5.32 Å². The lowest BCUT2D eigenvalue weighted by Crippen LogP contribution is -2.35. The van der Waals surface area contributed by atoms with Gasteiger partial charge in [-0.15, -0.1) is 0 Å². The van der Waals surface area contributed by atoms with E-state index in [1.165, 1.54) is 5.56 Å². The van der Waals surface area contributed by atoms with E-state index in [0.717, 1.165) is 6.42 Å². The fourth-order valence-electron chi connectivity index (χ4n) is 2.93. The minimum absolute atomic E-state index is 0.0552. The van der Waals surface area contributed by atoms with Crippen LogP contribution in [0.3, 0.4) is 0 Å². The van der Waals surface area contributed by atoms with Crippen LogP contribution in [-0.2, 0) is 10.2 Å². The van der Waals surface area contributed by atoms with Gasteiger partial charge in [-0.25, -0.2) is 0 Å². The molecule has 0 fully saturated rings. The Morgan fingerprint density at radius 3 is 2.17 bits per heavy atom. The number of para-hydroxylation sites is 1. The standard InChI is InChI=1S/C25H34N2O3/c1-7-17(3)26-23(28)20-11-9-10-12-21(20)27-24(29)22(8-2)30-19-15-13-18(14-16-19)25(4,5)6/h9-17,22H,7-8H2,1-6H3,(H,26,28)(H,27,29)/t17-,22-/m1/s1. The summed E-state index contributed by atoms with van der Waals surface area (Å²) in [6.45, 7) is 12.3. The molecule has 0 saturated carbocycles. The zero-order chi connectivity index (χ0) is 22.3. The van der Waals surface area contributed by atoms with Crippen molar-refractivity contribution in [3.8, 4) is 5.75 Å². The maximum atomic E-state index is 12.9. The molecule has 0 spiro atoms. The van der Waals surface area contributed by atoms with Crippen molar-refractivity contribution in [1.29, 1.82) is 0 Å². The Bertz CT molecular complexity index is 853. The van der Waals surface area contributed by atoms with Gasteiger partial charge in [0.15, 0.2) is 6.10 Å². The van der Waals surface area contributed by atoms with E-state index in [-0.39, 0.29) is 23.3 Å². The molecule has 162 valence electrons. The number of hydrogen-bond donors (Lipinski definition) is 2. The normalized spacial score (nSPS) is 13.3. The van der Waals surface area contributed by atoms with Gasteiger partial charge in [0.1, 0.15) is 5.75 Å². The molecule has 0 aliphatic rings. The molecule has 0 aliphatic heterocycles. The molecular weight excluding hydrogens is 376 g/mol. The summed E-state index contributed by atoms with van der Waals surface area (Å²) in [6.07, 6.45) is 0.685. The van der Waals surface area contributed by atoms with Crippen molar-refractivity contribution in [2.75, 3.05) is 5.32 Å². The van der Waals surface area contributed by atoms with Crippen LogP contribution in [0, 0.1) is 0 Å². The monoisotopic (exact) mass is 410 g/mol. The summed E-state index contributed by atoms with van der Waals surface area (Å²) in [4.78, 5) is 25.4. The summed E-state index contributed by atoms with van der Waals surface area (Å²) in [5.41, 5.74) is 2.18. The van der Waals surface area contributed by atoms with Gasteiger partial charge in [0, 0.05) is 6.04 Å². The second-order valence-electron chi connectivity index (χ2n) is 8.61. The summed E-state index contributed by atoms with van der Waals surface area (Å²) in [5.74, 6) is 0.168. The highest BCUT2D eigenvalue weighted by molar-refractivity contribution is 6.04. The van der Waals surface area contributed by atoms with Crippen LogP contribution in [0.4, 0.5) is 5.69 Å². The Balaban J connectivity index is 2.11. The molecule has 0 radical (unpaired) electrons. The predicted molar refractivity (Wildman–Crippen MR) is 122 cm³/mol. The Morgan fingerprint density at radius 2 is 1.60 bits per heavy atom. The summed E-state index contributed by atoms with van der Waals surface area (Å²) < 4.78 is 5.94. The second kappa shape index (κ2) is 10.3. The topological polar surface area (TPSA) is 67.4 Å². The zero-order valence-electron chi connectivity index (χ0n) is 18.9. The highest BCUT2D eigenvalue weighted by Gasteiger charge is 2.22. The fourth-order valence-corrected chi connectivity index (χ4v) is 2.93. The van der Waals surface area contributed by atoms with Crippen LogP contribution in [0.1, 0.15) is 70.3 Å². The molecule has 0 bridgehead atoms. The number of ether oxygens (including phenoxy) is 1. The van der Waals surface area contributed by atoms with Gasteiger partial charge in [0.2, 0.25) is 0 Å². The van der Waals surface area contributed by atoms with Crippen molar-refractivity contribution >= 4 is 17.5 Å². The van der Waals surface area contributed by atoms with Crippen molar-refractivity contribution < 1.29 is 14.3 Å². The molecule has 2 rings (SSSR count). The van der Waals surface area contributed by atoms with Gasteiger partial charge in [-0.2, -0.15) is 0 Å². The van der Waals surface area contributed by atoms with Crippen LogP contribution in [0.15, 0.2) is 48.5 Å². The van der Waals surface area contributed by atoms with Gasteiger partial charge in [-0.3, -0.25) is 9.59 Å². The van der Waals surface area contributed by atoms with Crippen LogP contribution in [-0.4, -0.2) is 24.0 Å². The van der Waals surface area contributed by atoms with Crippen LogP contribution in [0.5, 0.6) is 5.75 Å². The molecule has 0 aromatic heterocycles. The minimum Gasteiger partial charge on any atom is -0.481 e. The van der Waals surface area contributed by atoms with E-state index in [9.17, 15) is 9.59 Å². The Kier molecular flexibility index (Phi) is 8.04. The average molecular weight is 411 g/mol. The SMILES string of the molecule is CC[C@@H](C)NC(=O)c1ccccc1NC(=O)[C@@H](CC)Oc1ccc(C(C)(C)C)cc1. The van der Waals surface area contributed by atoms with E-state index in [2.05, 4.69) is 31.4 Å². The van der Waals surface area contributed by atoms with E-state index in [1.54, 1.807) is 24.3 Å². The lowest BCUT2D eigenvalue weighted by molar-refractivity contribution is -0.122. The number of anilines is 1. The Morgan fingerprint density at radius 1 is 0.967 bits per heavy atom. The number of amides is 2. The third-order valence-electron chi connectivity index (χ3n) is 5.08. The van der Waals surface area contributed by atoms with Gasteiger partial charge >= 0.3 is 0 Å². The lowest BCUT2D eigenvalue weighted by atomic mass is 9.87. The highest BCUT2D eigenvalue weighted by atomic mass is 16.5. The van der Waals surface area contributed by atoms with E-state index in [0.29, 0.717) is 23.4 Å². The first kappa shape index (κ1) is 23.5. The van der Waals surface area contributed by atoms with E-state index in [4.69, 9.17) is 4.74 Å². The molecule has 0 aliphatic carbocycles. The Labute approximate surface area is 180 Å². The van der Waals surface area contributed by atoms with Crippen LogP contribution in [0.25, 0.3) is 0 Å². The van der Waals surface area contributed by atoms with Crippen molar-refractivity contribution in [2.45, 2.75) is 71.9 Å². The molecular formula is C25H34N2O3. The van der Waals surface area contributed by atoms with Gasteiger partial charge in [-0.05, 0) is 55.0 Å². The molecule has 2 N–H and O–H groups in total. The van der Waals surface area contributed by atoms with Crippen LogP contribution in [0.2, 0.25) is 0 Å². The first-order chi connectivity index (χ1) is 14.2. The fraction of sp³-hybridized carbons (Fsp3) is 0.440. The van der Waals surface area contributed by atoms with Gasteiger partial charge < -0.3 is 15.4 Å². The third kappa shape index (κ3) is 6.34. The third-order valence-corrected chi connectivity index (χ3v) is 5.08. The first-order valence-corrected chi connectivity index (χ1v) is 10.6. The lowest BCUT2D eigenvalue weighted by Gasteiger charge is -2.21. The number of carbonyl (C=O) groups excluding carboxylic acids is 2. The maximum Gasteiger partial charge on any atom is 0.265 e. The van der Waals surface area contributed by atoms with Crippen molar-refractivity contribution in [3.05, 3.63) is 59.7 Å². The average Bonchev–Trinajstić information content (AvgIpc) is 2.71. The molecule has 5 heteroatoms. The summed E-state index contributed by atoms with van der Waals surface area (Å²) in [5, 5.41) is 5.80. The summed E-state index contributed by atoms with van der Waals surface area (Å²) in [7, 11) is 0. The molecule has 2 aromatic rings. The minimum atomic E-state index is -0.656. The number of carbonyl (C=O) groups is 2. The number of rotatable bonds is 8. The first-order valence-electron chi connectivity index (χ1n) is 10.6. The highest BCUT2D eigenvalue weighted by Crippen LogP contribution is 2.25. The zero-order valence-corrected chi connectivity index (χ0v) is 18.9. The molecule has 0 heterocycles. The molecule has 0 unspecified atom stereocenters. The van der Waals surface area contributed by atoms with Crippen molar-refractivity contribution in [2.24, 2.45) is 0 Å².